The van der Waals surface area contributed by atoms with Crippen molar-refractivity contribution < 1.29 is 27.8 Å². The number of ether oxygens (including phenoxy) is 1. The fourth-order valence-electron chi connectivity index (χ4n) is 3.08. The van der Waals surface area contributed by atoms with Crippen LogP contribution in [0.25, 0.3) is 10.9 Å². The normalized spacial score (nSPS) is 14.1. The maximum atomic E-state index is 13.8. The van der Waals surface area contributed by atoms with Gasteiger partial charge in [0, 0.05) is 28.7 Å². The van der Waals surface area contributed by atoms with Crippen molar-refractivity contribution in [1.29, 1.82) is 0 Å². The number of carbonyl (C=O) groups excluding carboxylic acids is 1. The predicted octanol–water partition coefficient (Wildman–Crippen LogP) is 4.66. The summed E-state index contributed by atoms with van der Waals surface area (Å²) in [6, 6.07) is 13.3. The average molecular weight is 412 g/mol. The molecule has 3 rings (SSSR count). The molecule has 0 aliphatic rings. The standard InChI is InChI=1S/C20H17ClF3NO3/c1-2-28-18(26)19(27,20(22,23)24)16-12-25(11-13-6-4-3-5-7-13)17-10-14(21)8-9-15(16)17/h3-10,12,27H,2,11H2,1H3. The molecule has 1 N–H and O–H groups in total. The summed E-state index contributed by atoms with van der Waals surface area (Å²) in [6.45, 7) is 1.30. The Morgan fingerprint density at radius 3 is 2.46 bits per heavy atom. The predicted molar refractivity (Wildman–Crippen MR) is 99.1 cm³/mol. The molecule has 0 amide bonds. The monoisotopic (exact) mass is 411 g/mol. The highest BCUT2D eigenvalue weighted by Crippen LogP contribution is 2.44. The Hall–Kier alpha value is -2.51. The molecular formula is C20H17ClF3NO3. The van der Waals surface area contributed by atoms with Crippen LogP contribution in [0.15, 0.2) is 54.7 Å². The molecule has 148 valence electrons. The van der Waals surface area contributed by atoms with E-state index in [1.165, 1.54) is 29.7 Å². The lowest BCUT2D eigenvalue weighted by Gasteiger charge is -2.27. The molecule has 0 saturated heterocycles. The molecule has 0 radical (unpaired) electrons. The van der Waals surface area contributed by atoms with Gasteiger partial charge in [-0.2, -0.15) is 13.2 Å². The fraction of sp³-hybridized carbons (Fsp3) is 0.250. The molecule has 4 nitrogen and oxygen atoms in total. The number of alkyl halides is 3. The maximum absolute atomic E-state index is 13.8. The number of halogens is 4. The average Bonchev–Trinajstić information content (AvgIpc) is 2.99. The number of aromatic nitrogens is 1. The Kier molecular flexibility index (Phi) is 5.41. The molecule has 2 aromatic carbocycles. The van der Waals surface area contributed by atoms with Gasteiger partial charge < -0.3 is 14.4 Å². The lowest BCUT2D eigenvalue weighted by Crippen LogP contribution is -2.50. The van der Waals surface area contributed by atoms with Crippen molar-refractivity contribution in [2.75, 3.05) is 6.61 Å². The molecule has 8 heteroatoms. The summed E-state index contributed by atoms with van der Waals surface area (Å²) < 4.78 is 47.5. The van der Waals surface area contributed by atoms with Crippen molar-refractivity contribution in [3.63, 3.8) is 0 Å². The quantitative estimate of drug-likeness (QED) is 0.621. The third kappa shape index (κ3) is 3.47. The van der Waals surface area contributed by atoms with E-state index in [1.54, 1.807) is 12.1 Å². The topological polar surface area (TPSA) is 51.5 Å². The van der Waals surface area contributed by atoms with E-state index in [0.29, 0.717) is 10.5 Å². The van der Waals surface area contributed by atoms with Crippen molar-refractivity contribution in [2.45, 2.75) is 25.2 Å². The highest BCUT2D eigenvalue weighted by atomic mass is 35.5. The minimum atomic E-state index is -5.27. The second-order valence-corrected chi connectivity index (χ2v) is 6.68. The Morgan fingerprint density at radius 1 is 1.18 bits per heavy atom. The summed E-state index contributed by atoms with van der Waals surface area (Å²) >= 11 is 6.03. The highest BCUT2D eigenvalue weighted by molar-refractivity contribution is 6.31. The first-order chi connectivity index (χ1) is 13.2. The van der Waals surface area contributed by atoms with Crippen LogP contribution >= 0.6 is 11.6 Å². The van der Waals surface area contributed by atoms with Crippen molar-refractivity contribution in [1.82, 2.24) is 4.57 Å². The summed E-state index contributed by atoms with van der Waals surface area (Å²) in [4.78, 5) is 12.2. The van der Waals surface area contributed by atoms with E-state index in [4.69, 9.17) is 11.6 Å². The molecule has 0 saturated carbocycles. The Labute approximate surface area is 164 Å². The van der Waals surface area contributed by atoms with E-state index >= 15 is 0 Å². The zero-order valence-corrected chi connectivity index (χ0v) is 15.6. The molecule has 1 aromatic heterocycles. The van der Waals surface area contributed by atoms with Gasteiger partial charge in [0.2, 0.25) is 0 Å². The molecule has 0 bridgehead atoms. The number of fused-ring (bicyclic) bond motifs is 1. The first-order valence-corrected chi connectivity index (χ1v) is 8.85. The molecule has 0 aliphatic heterocycles. The van der Waals surface area contributed by atoms with E-state index in [1.807, 2.05) is 18.2 Å². The second-order valence-electron chi connectivity index (χ2n) is 6.25. The summed E-state index contributed by atoms with van der Waals surface area (Å²) in [7, 11) is 0. The molecule has 0 aliphatic carbocycles. The molecule has 0 fully saturated rings. The minimum absolute atomic E-state index is 0.0632. The van der Waals surface area contributed by atoms with Gasteiger partial charge in [-0.15, -0.1) is 0 Å². The maximum Gasteiger partial charge on any atom is 0.432 e. The molecule has 1 atom stereocenters. The van der Waals surface area contributed by atoms with E-state index < -0.39 is 23.3 Å². The number of hydrogen-bond donors (Lipinski definition) is 1. The number of rotatable bonds is 5. The lowest BCUT2D eigenvalue weighted by atomic mass is 9.92. The van der Waals surface area contributed by atoms with Crippen LogP contribution in [0.2, 0.25) is 5.02 Å². The first-order valence-electron chi connectivity index (χ1n) is 8.47. The van der Waals surface area contributed by atoms with E-state index in [9.17, 15) is 23.1 Å². The lowest BCUT2D eigenvalue weighted by molar-refractivity contribution is -0.267. The van der Waals surface area contributed by atoms with Crippen molar-refractivity contribution in [2.24, 2.45) is 0 Å². The minimum Gasteiger partial charge on any atom is -0.463 e. The molecular weight excluding hydrogens is 395 g/mol. The van der Waals surface area contributed by atoms with E-state index in [2.05, 4.69) is 4.74 Å². The van der Waals surface area contributed by atoms with Crippen LogP contribution in [0.3, 0.4) is 0 Å². The number of benzene rings is 2. The van der Waals surface area contributed by atoms with Crippen LogP contribution < -0.4 is 0 Å². The number of nitrogens with zero attached hydrogens (tertiary/aromatic N) is 1. The smallest absolute Gasteiger partial charge is 0.432 e. The Balaban J connectivity index is 2.24. The van der Waals surface area contributed by atoms with Gasteiger partial charge in [0.1, 0.15) is 0 Å². The Morgan fingerprint density at radius 2 is 1.86 bits per heavy atom. The fourth-order valence-corrected chi connectivity index (χ4v) is 3.24. The van der Waals surface area contributed by atoms with Gasteiger partial charge in [0.15, 0.2) is 0 Å². The third-order valence-electron chi connectivity index (χ3n) is 4.41. The van der Waals surface area contributed by atoms with Gasteiger partial charge in [0.25, 0.3) is 5.60 Å². The first kappa shape index (κ1) is 20.2. The third-order valence-corrected chi connectivity index (χ3v) is 4.65. The summed E-state index contributed by atoms with van der Waals surface area (Å²) in [5, 5.41) is 10.9. The summed E-state index contributed by atoms with van der Waals surface area (Å²) in [6.07, 6.45) is -4.15. The number of hydrogen-bond acceptors (Lipinski definition) is 3. The van der Waals surface area contributed by atoms with Crippen LogP contribution in [0.5, 0.6) is 0 Å². The molecule has 28 heavy (non-hydrogen) atoms. The zero-order valence-electron chi connectivity index (χ0n) is 14.8. The van der Waals surface area contributed by atoms with Gasteiger partial charge in [-0.1, -0.05) is 48.0 Å². The van der Waals surface area contributed by atoms with Crippen LogP contribution in [-0.2, 0) is 21.7 Å². The molecule has 0 spiro atoms. The van der Waals surface area contributed by atoms with Gasteiger partial charge in [0.05, 0.1) is 12.1 Å². The van der Waals surface area contributed by atoms with Crippen LogP contribution in [0.1, 0.15) is 18.1 Å². The number of aliphatic hydroxyl groups is 1. The van der Waals surface area contributed by atoms with Crippen molar-refractivity contribution >= 4 is 28.5 Å². The van der Waals surface area contributed by atoms with Gasteiger partial charge in [-0.25, -0.2) is 4.79 Å². The molecule has 1 heterocycles. The van der Waals surface area contributed by atoms with Crippen molar-refractivity contribution in [3.05, 3.63) is 70.9 Å². The van der Waals surface area contributed by atoms with Gasteiger partial charge in [-0.05, 0) is 24.6 Å². The van der Waals surface area contributed by atoms with E-state index in [0.717, 1.165) is 11.8 Å². The van der Waals surface area contributed by atoms with E-state index in [-0.39, 0.29) is 18.5 Å². The van der Waals surface area contributed by atoms with Gasteiger partial charge in [-0.3, -0.25) is 0 Å². The van der Waals surface area contributed by atoms with Gasteiger partial charge >= 0.3 is 12.1 Å². The Bertz CT molecular complexity index is 1000. The van der Waals surface area contributed by atoms with Crippen LogP contribution in [0.4, 0.5) is 13.2 Å². The molecule has 3 aromatic rings. The number of esters is 1. The number of carbonyl (C=O) groups is 1. The zero-order chi connectivity index (χ0) is 20.5. The largest absolute Gasteiger partial charge is 0.463 e. The second kappa shape index (κ2) is 7.48. The molecule has 1 unspecified atom stereocenters. The SMILES string of the molecule is CCOC(=O)C(O)(c1cn(Cc2ccccc2)c2cc(Cl)ccc12)C(F)(F)F. The summed E-state index contributed by atoms with van der Waals surface area (Å²) in [5.74, 6) is -1.77. The summed E-state index contributed by atoms with van der Waals surface area (Å²) in [5.41, 5.74) is -3.20. The van der Waals surface area contributed by atoms with Crippen molar-refractivity contribution in [3.8, 4) is 0 Å². The van der Waals surface area contributed by atoms with Crippen LogP contribution in [-0.4, -0.2) is 28.4 Å². The highest BCUT2D eigenvalue weighted by Gasteiger charge is 2.63. The van der Waals surface area contributed by atoms with Crippen LogP contribution in [0, 0.1) is 0 Å².